The van der Waals surface area contributed by atoms with Crippen molar-refractivity contribution in [1.29, 1.82) is 0 Å². The smallest absolute Gasteiger partial charge is 0.119 e. The minimum Gasteiger partial charge on any atom is -0.494 e. The van der Waals surface area contributed by atoms with E-state index in [2.05, 4.69) is 55.1 Å². The van der Waals surface area contributed by atoms with E-state index in [4.69, 9.17) is 4.74 Å². The van der Waals surface area contributed by atoms with Gasteiger partial charge in [-0.15, -0.1) is 0 Å². The Balaban J connectivity index is 1.37. The van der Waals surface area contributed by atoms with Crippen LogP contribution in [0.15, 0.2) is 24.3 Å². The van der Waals surface area contributed by atoms with E-state index < -0.39 is 0 Å². The highest BCUT2D eigenvalue weighted by Gasteiger charge is 2.23. The Bertz CT molecular complexity index is 520. The molecule has 1 aliphatic carbocycles. The van der Waals surface area contributed by atoms with Crippen molar-refractivity contribution in [2.45, 2.75) is 63.8 Å². The van der Waals surface area contributed by atoms with Gasteiger partial charge in [0.15, 0.2) is 0 Å². The first-order valence-electron chi connectivity index (χ1n) is 10.7. The van der Waals surface area contributed by atoms with Crippen LogP contribution in [0.1, 0.15) is 63.4 Å². The van der Waals surface area contributed by atoms with Crippen LogP contribution in [0.25, 0.3) is 0 Å². The number of rotatable bonds is 7. The van der Waals surface area contributed by atoms with Gasteiger partial charge in [0.1, 0.15) is 5.75 Å². The highest BCUT2D eigenvalue weighted by Crippen LogP contribution is 2.34. The van der Waals surface area contributed by atoms with Gasteiger partial charge in [-0.1, -0.05) is 19.1 Å². The maximum atomic E-state index is 5.98. The molecule has 1 saturated heterocycles. The molecule has 0 N–H and O–H groups in total. The van der Waals surface area contributed by atoms with Crippen molar-refractivity contribution < 1.29 is 4.74 Å². The Labute approximate surface area is 160 Å². The summed E-state index contributed by atoms with van der Waals surface area (Å²) in [4.78, 5) is 4.99. The standard InChI is InChI=1S/C23H38N2O/c1-19-6-4-15-25(18-19)16-5-17-26-23-13-9-21(10-14-23)20-7-11-22(12-8-20)24(2)3/h9-10,13-14,19-20,22H,4-8,11-12,15-18H2,1-3H3/t19-,20-,22+/m1/s1. The average molecular weight is 359 g/mol. The molecule has 146 valence electrons. The number of hydrogen-bond donors (Lipinski definition) is 0. The lowest BCUT2D eigenvalue weighted by Crippen LogP contribution is -2.35. The van der Waals surface area contributed by atoms with E-state index in [0.29, 0.717) is 0 Å². The fourth-order valence-electron chi connectivity index (χ4n) is 4.73. The van der Waals surface area contributed by atoms with Gasteiger partial charge in [-0.3, -0.25) is 0 Å². The van der Waals surface area contributed by atoms with Gasteiger partial charge in [0.2, 0.25) is 0 Å². The van der Waals surface area contributed by atoms with Gasteiger partial charge in [0.05, 0.1) is 6.61 Å². The first-order valence-corrected chi connectivity index (χ1v) is 10.7. The summed E-state index contributed by atoms with van der Waals surface area (Å²) in [6.07, 6.45) is 9.17. The second kappa shape index (κ2) is 9.75. The first-order chi connectivity index (χ1) is 12.6. The molecule has 0 radical (unpaired) electrons. The number of likely N-dealkylation sites (tertiary alicyclic amines) is 1. The SMILES string of the molecule is C[C@@H]1CCCN(CCCOc2ccc([C@H]3CC[C@@H](N(C)C)CC3)cc2)C1. The van der Waals surface area contributed by atoms with Crippen LogP contribution in [0.4, 0.5) is 0 Å². The van der Waals surface area contributed by atoms with Gasteiger partial charge in [-0.25, -0.2) is 0 Å². The highest BCUT2D eigenvalue weighted by atomic mass is 16.5. The Morgan fingerprint density at radius 1 is 1.04 bits per heavy atom. The molecule has 0 unspecified atom stereocenters. The van der Waals surface area contributed by atoms with E-state index in [1.165, 1.54) is 63.7 Å². The van der Waals surface area contributed by atoms with Crippen molar-refractivity contribution in [2.24, 2.45) is 5.92 Å². The molecular formula is C23H38N2O. The monoisotopic (exact) mass is 358 g/mol. The molecule has 1 aromatic rings. The molecular weight excluding hydrogens is 320 g/mol. The van der Waals surface area contributed by atoms with Crippen LogP contribution in [-0.2, 0) is 0 Å². The zero-order chi connectivity index (χ0) is 18.4. The largest absolute Gasteiger partial charge is 0.494 e. The Hall–Kier alpha value is -1.06. The Morgan fingerprint density at radius 2 is 1.77 bits per heavy atom. The third-order valence-electron chi connectivity index (χ3n) is 6.41. The van der Waals surface area contributed by atoms with Gasteiger partial charge >= 0.3 is 0 Å². The number of piperidine rings is 1. The zero-order valence-electron chi connectivity index (χ0n) is 17.1. The first kappa shape index (κ1) is 19.7. The quantitative estimate of drug-likeness (QED) is 0.653. The van der Waals surface area contributed by atoms with Gasteiger partial charge in [0.25, 0.3) is 0 Å². The van der Waals surface area contributed by atoms with Crippen LogP contribution in [0, 0.1) is 5.92 Å². The molecule has 3 rings (SSSR count). The average Bonchev–Trinajstić information content (AvgIpc) is 2.66. The summed E-state index contributed by atoms with van der Waals surface area (Å²) in [5.41, 5.74) is 1.50. The molecule has 0 aromatic heterocycles. The molecule has 26 heavy (non-hydrogen) atoms. The van der Waals surface area contributed by atoms with Crippen LogP contribution >= 0.6 is 0 Å². The van der Waals surface area contributed by atoms with E-state index in [1.807, 2.05) is 0 Å². The summed E-state index contributed by atoms with van der Waals surface area (Å²) in [5, 5.41) is 0. The lowest BCUT2D eigenvalue weighted by atomic mass is 9.81. The van der Waals surface area contributed by atoms with Crippen LogP contribution in [-0.4, -0.2) is 56.2 Å². The number of hydrogen-bond acceptors (Lipinski definition) is 3. The molecule has 1 saturated carbocycles. The summed E-state index contributed by atoms with van der Waals surface area (Å²) in [6.45, 7) is 6.92. The maximum absolute atomic E-state index is 5.98. The summed E-state index contributed by atoms with van der Waals surface area (Å²) < 4.78 is 5.98. The summed E-state index contributed by atoms with van der Waals surface area (Å²) in [7, 11) is 4.42. The van der Waals surface area contributed by atoms with E-state index in [0.717, 1.165) is 36.7 Å². The van der Waals surface area contributed by atoms with Gasteiger partial charge < -0.3 is 14.5 Å². The van der Waals surface area contributed by atoms with Crippen molar-refractivity contribution in [3.63, 3.8) is 0 Å². The predicted octanol–water partition coefficient (Wildman–Crippen LogP) is 4.78. The molecule has 1 aromatic carbocycles. The van der Waals surface area contributed by atoms with Crippen molar-refractivity contribution in [3.8, 4) is 5.75 Å². The third kappa shape index (κ3) is 5.72. The van der Waals surface area contributed by atoms with Crippen molar-refractivity contribution >= 4 is 0 Å². The molecule has 0 amide bonds. The molecule has 3 nitrogen and oxygen atoms in total. The molecule has 0 bridgehead atoms. The fourth-order valence-corrected chi connectivity index (χ4v) is 4.73. The molecule has 2 fully saturated rings. The normalized spacial score (nSPS) is 27.6. The fraction of sp³-hybridized carbons (Fsp3) is 0.739. The minimum absolute atomic E-state index is 0.737. The second-order valence-corrected chi connectivity index (χ2v) is 8.79. The zero-order valence-corrected chi connectivity index (χ0v) is 17.1. The molecule has 1 aliphatic heterocycles. The van der Waals surface area contributed by atoms with Crippen molar-refractivity contribution in [1.82, 2.24) is 9.80 Å². The van der Waals surface area contributed by atoms with Crippen LogP contribution in [0.5, 0.6) is 5.75 Å². The van der Waals surface area contributed by atoms with E-state index in [1.54, 1.807) is 0 Å². The molecule has 2 aliphatic rings. The van der Waals surface area contributed by atoms with Crippen LogP contribution in [0.2, 0.25) is 0 Å². The van der Waals surface area contributed by atoms with E-state index in [-0.39, 0.29) is 0 Å². The third-order valence-corrected chi connectivity index (χ3v) is 6.41. The van der Waals surface area contributed by atoms with E-state index >= 15 is 0 Å². The van der Waals surface area contributed by atoms with Gasteiger partial charge in [-0.2, -0.15) is 0 Å². The Morgan fingerprint density at radius 3 is 2.42 bits per heavy atom. The molecule has 3 heteroatoms. The Kier molecular flexibility index (Phi) is 7.39. The molecule has 1 atom stereocenters. The lowest BCUT2D eigenvalue weighted by Gasteiger charge is -2.32. The molecule has 0 spiro atoms. The number of nitrogens with zero attached hydrogens (tertiary/aromatic N) is 2. The van der Waals surface area contributed by atoms with E-state index in [9.17, 15) is 0 Å². The predicted molar refractivity (Wildman–Crippen MR) is 110 cm³/mol. The summed E-state index contributed by atoms with van der Waals surface area (Å²) in [5.74, 6) is 2.63. The van der Waals surface area contributed by atoms with Crippen LogP contribution < -0.4 is 4.74 Å². The summed E-state index contributed by atoms with van der Waals surface area (Å²) >= 11 is 0. The minimum atomic E-state index is 0.737. The topological polar surface area (TPSA) is 15.7 Å². The second-order valence-electron chi connectivity index (χ2n) is 8.79. The van der Waals surface area contributed by atoms with Gasteiger partial charge in [-0.05, 0) is 95.1 Å². The number of ether oxygens (including phenoxy) is 1. The summed E-state index contributed by atoms with van der Waals surface area (Å²) in [6, 6.07) is 9.72. The van der Waals surface area contributed by atoms with Gasteiger partial charge in [0, 0.05) is 19.1 Å². The highest BCUT2D eigenvalue weighted by molar-refractivity contribution is 5.29. The van der Waals surface area contributed by atoms with Crippen molar-refractivity contribution in [2.75, 3.05) is 40.3 Å². The molecule has 1 heterocycles. The van der Waals surface area contributed by atoms with Crippen LogP contribution in [0.3, 0.4) is 0 Å². The lowest BCUT2D eigenvalue weighted by molar-refractivity contribution is 0.170. The maximum Gasteiger partial charge on any atom is 0.119 e. The van der Waals surface area contributed by atoms with Crippen molar-refractivity contribution in [3.05, 3.63) is 29.8 Å². The number of benzene rings is 1.